The molecule has 0 fully saturated rings. The summed E-state index contributed by atoms with van der Waals surface area (Å²) in [5.41, 5.74) is 2.69. The number of rotatable bonds is 7. The number of methoxy groups -OCH3 is 1. The second-order valence-electron chi connectivity index (χ2n) is 9.16. The van der Waals surface area contributed by atoms with Crippen LogP contribution in [-0.2, 0) is 0 Å². The number of aromatic hydroxyl groups is 1. The van der Waals surface area contributed by atoms with E-state index in [1.165, 1.54) is 7.11 Å². The van der Waals surface area contributed by atoms with Crippen LogP contribution >= 0.6 is 11.6 Å². The van der Waals surface area contributed by atoms with Crippen LogP contribution in [0.2, 0.25) is 5.02 Å². The van der Waals surface area contributed by atoms with Crippen LogP contribution in [-0.4, -0.2) is 24.0 Å². The monoisotopic (exact) mass is 564 g/mol. The van der Waals surface area contributed by atoms with E-state index in [0.29, 0.717) is 38.5 Å². The van der Waals surface area contributed by atoms with Crippen LogP contribution in [0.15, 0.2) is 107 Å². The Hall–Kier alpha value is -5.21. The van der Waals surface area contributed by atoms with Crippen molar-refractivity contribution < 1.29 is 19.4 Å². The van der Waals surface area contributed by atoms with Crippen LogP contribution in [0.25, 0.3) is 10.8 Å². The predicted octanol–water partition coefficient (Wildman–Crippen LogP) is 8.44. The third-order valence-corrected chi connectivity index (χ3v) is 6.65. The van der Waals surface area contributed by atoms with Crippen molar-refractivity contribution in [2.75, 3.05) is 17.7 Å². The molecule has 41 heavy (non-hydrogen) atoms. The fraction of sp³-hybridized carbons (Fsp3) is 0.0625. The van der Waals surface area contributed by atoms with Gasteiger partial charge in [0.1, 0.15) is 17.1 Å². The molecule has 0 aliphatic rings. The average molecular weight is 565 g/mol. The molecule has 0 aromatic heterocycles. The largest absolute Gasteiger partial charge is 0.505 e. The second kappa shape index (κ2) is 11.9. The molecule has 0 heterocycles. The van der Waals surface area contributed by atoms with Crippen molar-refractivity contribution in [2.45, 2.75) is 6.92 Å². The van der Waals surface area contributed by atoms with Gasteiger partial charge in [0.25, 0.3) is 11.8 Å². The summed E-state index contributed by atoms with van der Waals surface area (Å²) < 4.78 is 5.43. The number of nitrogens with one attached hydrogen (secondary N) is 2. The van der Waals surface area contributed by atoms with Crippen LogP contribution in [0.4, 0.5) is 22.7 Å². The summed E-state index contributed by atoms with van der Waals surface area (Å²) in [6.07, 6.45) is 0. The third kappa shape index (κ3) is 6.03. The first-order valence-corrected chi connectivity index (χ1v) is 13.0. The molecule has 2 amide bonds. The van der Waals surface area contributed by atoms with Crippen LogP contribution in [0, 0.1) is 6.92 Å². The van der Waals surface area contributed by atoms with Gasteiger partial charge in [0.05, 0.1) is 12.7 Å². The number of hydrogen-bond donors (Lipinski definition) is 3. The zero-order valence-corrected chi connectivity index (χ0v) is 22.9. The maximum Gasteiger partial charge on any atom is 0.259 e. The number of nitrogens with zero attached hydrogens (tertiary/aromatic N) is 2. The molecular weight excluding hydrogens is 540 g/mol. The molecule has 0 bridgehead atoms. The highest BCUT2D eigenvalue weighted by Gasteiger charge is 2.20. The summed E-state index contributed by atoms with van der Waals surface area (Å²) in [5.74, 6) is -0.841. The van der Waals surface area contributed by atoms with Gasteiger partial charge in [0, 0.05) is 27.3 Å². The van der Waals surface area contributed by atoms with E-state index in [-0.39, 0.29) is 28.6 Å². The normalized spacial score (nSPS) is 11.0. The standard InChI is InChI=1S/C32H25ClN4O4/c1-19-12-14-22(33)18-26(19)35-32(40)25-16-20-8-6-7-11-24(20)29(30(25)38)37-36-27-17-21(13-15-28(27)41-2)31(39)34-23-9-4-3-5-10-23/h3-18,38H,1-2H3,(H,34,39)(H,35,40). The minimum atomic E-state index is -0.535. The van der Waals surface area contributed by atoms with Crippen LogP contribution in [0.3, 0.4) is 0 Å². The maximum absolute atomic E-state index is 13.3. The zero-order valence-electron chi connectivity index (χ0n) is 22.2. The Balaban J connectivity index is 1.52. The van der Waals surface area contributed by atoms with Gasteiger partial charge in [-0.25, -0.2) is 0 Å². The number of fused-ring (bicyclic) bond motifs is 1. The first-order valence-electron chi connectivity index (χ1n) is 12.6. The molecule has 9 heteroatoms. The number of para-hydroxylation sites is 1. The topological polar surface area (TPSA) is 112 Å². The fourth-order valence-electron chi connectivity index (χ4n) is 4.25. The van der Waals surface area contributed by atoms with E-state index in [1.807, 2.05) is 37.3 Å². The van der Waals surface area contributed by atoms with Crippen LogP contribution in [0.5, 0.6) is 11.5 Å². The molecule has 204 valence electrons. The molecule has 8 nitrogen and oxygen atoms in total. The lowest BCUT2D eigenvalue weighted by Crippen LogP contribution is -2.13. The summed E-state index contributed by atoms with van der Waals surface area (Å²) in [7, 11) is 1.48. The van der Waals surface area contributed by atoms with Gasteiger partial charge in [-0.3, -0.25) is 9.59 Å². The molecular formula is C32H25ClN4O4. The lowest BCUT2D eigenvalue weighted by atomic mass is 10.0. The van der Waals surface area contributed by atoms with Crippen molar-refractivity contribution in [3.63, 3.8) is 0 Å². The summed E-state index contributed by atoms with van der Waals surface area (Å²) in [6, 6.07) is 27.8. The molecule has 5 rings (SSSR count). The predicted molar refractivity (Wildman–Crippen MR) is 161 cm³/mol. The Morgan fingerprint density at radius 3 is 2.37 bits per heavy atom. The number of phenolic OH excluding ortho intramolecular Hbond substituents is 1. The zero-order chi connectivity index (χ0) is 28.9. The van der Waals surface area contributed by atoms with Gasteiger partial charge in [0.2, 0.25) is 0 Å². The lowest BCUT2D eigenvalue weighted by Gasteiger charge is -2.13. The Kier molecular flexibility index (Phi) is 7.94. The van der Waals surface area contributed by atoms with Crippen molar-refractivity contribution in [1.82, 2.24) is 0 Å². The number of halogens is 1. The number of phenols is 1. The Morgan fingerprint density at radius 1 is 0.829 bits per heavy atom. The molecule has 0 unspecified atom stereocenters. The molecule has 0 saturated carbocycles. The number of ether oxygens (including phenoxy) is 1. The van der Waals surface area contributed by atoms with E-state index < -0.39 is 5.91 Å². The number of azo groups is 1. The maximum atomic E-state index is 13.3. The average Bonchev–Trinajstić information content (AvgIpc) is 2.98. The Morgan fingerprint density at radius 2 is 1.59 bits per heavy atom. The molecule has 0 aliphatic heterocycles. The van der Waals surface area contributed by atoms with E-state index in [4.69, 9.17) is 16.3 Å². The van der Waals surface area contributed by atoms with E-state index in [0.717, 1.165) is 5.56 Å². The smallest absolute Gasteiger partial charge is 0.259 e. The van der Waals surface area contributed by atoms with Gasteiger partial charge in [-0.05, 0) is 66.4 Å². The summed E-state index contributed by atoms with van der Waals surface area (Å²) >= 11 is 6.11. The van der Waals surface area contributed by atoms with Crippen molar-refractivity contribution in [3.05, 3.63) is 119 Å². The number of carbonyl (C=O) groups is 2. The van der Waals surface area contributed by atoms with Crippen molar-refractivity contribution in [2.24, 2.45) is 10.2 Å². The second-order valence-corrected chi connectivity index (χ2v) is 9.60. The first kappa shape index (κ1) is 27.4. The minimum absolute atomic E-state index is 0.0139. The lowest BCUT2D eigenvalue weighted by molar-refractivity contribution is 0.101. The van der Waals surface area contributed by atoms with Gasteiger partial charge in [-0.1, -0.05) is 60.1 Å². The number of amides is 2. The highest BCUT2D eigenvalue weighted by Crippen LogP contribution is 2.41. The molecule has 5 aromatic rings. The minimum Gasteiger partial charge on any atom is -0.505 e. The molecule has 0 spiro atoms. The van der Waals surface area contributed by atoms with E-state index in [1.54, 1.807) is 66.7 Å². The molecule has 0 radical (unpaired) electrons. The molecule has 3 N–H and O–H groups in total. The summed E-state index contributed by atoms with van der Waals surface area (Å²) in [4.78, 5) is 26.2. The summed E-state index contributed by atoms with van der Waals surface area (Å²) in [5, 5.41) is 27.3. The third-order valence-electron chi connectivity index (χ3n) is 6.42. The fourth-order valence-corrected chi connectivity index (χ4v) is 4.42. The Labute approximate surface area is 241 Å². The van der Waals surface area contributed by atoms with Gasteiger partial charge in [-0.2, -0.15) is 0 Å². The quantitative estimate of drug-likeness (QED) is 0.172. The van der Waals surface area contributed by atoms with Crippen LogP contribution < -0.4 is 15.4 Å². The van der Waals surface area contributed by atoms with E-state index >= 15 is 0 Å². The molecule has 0 saturated heterocycles. The molecule has 0 atom stereocenters. The van der Waals surface area contributed by atoms with Gasteiger partial charge < -0.3 is 20.5 Å². The number of hydrogen-bond acceptors (Lipinski definition) is 6. The Bertz CT molecular complexity index is 1810. The molecule has 0 aliphatic carbocycles. The van der Waals surface area contributed by atoms with Gasteiger partial charge in [0.15, 0.2) is 5.75 Å². The van der Waals surface area contributed by atoms with Crippen LogP contribution in [0.1, 0.15) is 26.3 Å². The SMILES string of the molecule is COc1ccc(C(=O)Nc2ccccc2)cc1N=Nc1c(O)c(C(=O)Nc2cc(Cl)ccc2C)cc2ccccc12. The van der Waals surface area contributed by atoms with E-state index in [2.05, 4.69) is 20.9 Å². The number of aryl methyl sites for hydroxylation is 1. The first-order chi connectivity index (χ1) is 19.8. The van der Waals surface area contributed by atoms with Crippen molar-refractivity contribution in [1.29, 1.82) is 0 Å². The number of benzene rings is 5. The summed E-state index contributed by atoms with van der Waals surface area (Å²) in [6.45, 7) is 1.84. The highest BCUT2D eigenvalue weighted by molar-refractivity contribution is 6.31. The number of carbonyl (C=O) groups excluding carboxylic acids is 2. The van der Waals surface area contributed by atoms with Crippen molar-refractivity contribution >= 4 is 56.9 Å². The highest BCUT2D eigenvalue weighted by atomic mass is 35.5. The number of anilines is 2. The van der Waals surface area contributed by atoms with Gasteiger partial charge in [-0.15, -0.1) is 10.2 Å². The molecule has 5 aromatic carbocycles. The van der Waals surface area contributed by atoms with Crippen molar-refractivity contribution in [3.8, 4) is 11.5 Å². The van der Waals surface area contributed by atoms with E-state index in [9.17, 15) is 14.7 Å². The van der Waals surface area contributed by atoms with Gasteiger partial charge >= 0.3 is 0 Å².